The quantitative estimate of drug-likeness (QED) is 0.790. The van der Waals surface area contributed by atoms with Crippen molar-refractivity contribution in [2.75, 3.05) is 5.73 Å². The van der Waals surface area contributed by atoms with Gasteiger partial charge in [0, 0.05) is 5.46 Å². The van der Waals surface area contributed by atoms with Crippen molar-refractivity contribution in [2.24, 2.45) is 0 Å². The van der Waals surface area contributed by atoms with E-state index in [1.165, 1.54) is 0 Å². The van der Waals surface area contributed by atoms with Crippen molar-refractivity contribution in [2.45, 2.75) is 38.9 Å². The van der Waals surface area contributed by atoms with Gasteiger partial charge in [-0.2, -0.15) is 5.10 Å². The van der Waals surface area contributed by atoms with Gasteiger partial charge in [-0.15, -0.1) is 0 Å². The van der Waals surface area contributed by atoms with Crippen molar-refractivity contribution in [1.82, 2.24) is 10.2 Å². The molecule has 3 N–H and O–H groups in total. The predicted molar refractivity (Wildman–Crippen MR) is 81.2 cm³/mol. The van der Waals surface area contributed by atoms with Crippen molar-refractivity contribution in [1.29, 1.82) is 0 Å². The zero-order chi connectivity index (χ0) is 14.7. The first kappa shape index (κ1) is 13.7. The van der Waals surface area contributed by atoms with Crippen LogP contribution in [0, 0.1) is 0 Å². The third-order valence-corrected chi connectivity index (χ3v) is 4.64. The fraction of sp³-hybridized carbons (Fsp3) is 0.462. The molecule has 0 atom stereocenters. The first-order valence-electron chi connectivity index (χ1n) is 6.50. The lowest BCUT2D eigenvalue weighted by Crippen LogP contribution is -2.41. The van der Waals surface area contributed by atoms with Gasteiger partial charge in [0.2, 0.25) is 0 Å². The van der Waals surface area contributed by atoms with E-state index in [9.17, 15) is 0 Å². The van der Waals surface area contributed by atoms with Crippen LogP contribution < -0.4 is 11.2 Å². The average Bonchev–Trinajstić information content (AvgIpc) is 2.79. The fourth-order valence-electron chi connectivity index (χ4n) is 2.26. The lowest BCUT2D eigenvalue weighted by molar-refractivity contribution is 0.00578. The largest absolute Gasteiger partial charge is 0.496 e. The number of hydrogen-bond donors (Lipinski definition) is 2. The summed E-state index contributed by atoms with van der Waals surface area (Å²) in [6.07, 6.45) is 0. The second kappa shape index (κ2) is 4.13. The monoisotopic (exact) mass is 293 g/mol. The van der Waals surface area contributed by atoms with Crippen LogP contribution in [0.25, 0.3) is 10.9 Å². The topological polar surface area (TPSA) is 73.2 Å². The molecule has 0 amide bonds. The molecule has 2 aromatic rings. The highest BCUT2D eigenvalue weighted by Gasteiger charge is 2.52. The summed E-state index contributed by atoms with van der Waals surface area (Å²) in [5.74, 6) is 0.378. The van der Waals surface area contributed by atoms with Gasteiger partial charge < -0.3 is 15.0 Å². The average molecular weight is 294 g/mol. The molecular formula is C13H17BClN3O2. The van der Waals surface area contributed by atoms with Gasteiger partial charge in [0.05, 0.1) is 27.1 Å². The number of nitrogens with zero attached hydrogens (tertiary/aromatic N) is 1. The molecule has 1 aromatic heterocycles. The van der Waals surface area contributed by atoms with Crippen LogP contribution in [-0.4, -0.2) is 28.5 Å². The van der Waals surface area contributed by atoms with Crippen LogP contribution in [0.15, 0.2) is 12.1 Å². The number of nitrogens with one attached hydrogen (secondary N) is 1. The first-order chi connectivity index (χ1) is 9.23. The maximum Gasteiger partial charge on any atom is 0.496 e. The number of hydrogen-bond acceptors (Lipinski definition) is 4. The molecule has 1 aromatic carbocycles. The molecule has 0 aliphatic carbocycles. The molecule has 0 saturated carbocycles. The molecule has 0 bridgehead atoms. The molecular weight excluding hydrogens is 276 g/mol. The van der Waals surface area contributed by atoms with Gasteiger partial charge >= 0.3 is 7.12 Å². The number of benzene rings is 1. The number of nitrogen functional groups attached to an aromatic ring is 1. The van der Waals surface area contributed by atoms with Crippen molar-refractivity contribution >= 4 is 40.9 Å². The van der Waals surface area contributed by atoms with Crippen molar-refractivity contribution in [3.05, 3.63) is 17.2 Å². The Morgan fingerprint density at radius 2 is 1.80 bits per heavy atom. The summed E-state index contributed by atoms with van der Waals surface area (Å²) in [4.78, 5) is 0. The Hall–Kier alpha value is -1.24. The van der Waals surface area contributed by atoms with Crippen LogP contribution in [0.4, 0.5) is 5.82 Å². The molecule has 0 spiro atoms. The molecule has 1 aliphatic rings. The maximum absolute atomic E-state index is 6.45. The third kappa shape index (κ3) is 1.83. The first-order valence-corrected chi connectivity index (χ1v) is 6.88. The van der Waals surface area contributed by atoms with Gasteiger partial charge in [0.15, 0.2) is 5.82 Å². The lowest BCUT2D eigenvalue weighted by Gasteiger charge is -2.32. The summed E-state index contributed by atoms with van der Waals surface area (Å²) in [5, 5.41) is 8.03. The summed E-state index contributed by atoms with van der Waals surface area (Å²) in [5.41, 5.74) is 6.60. The van der Waals surface area contributed by atoms with Gasteiger partial charge in [-0.3, -0.25) is 5.10 Å². The van der Waals surface area contributed by atoms with Crippen molar-refractivity contribution in [3.63, 3.8) is 0 Å². The van der Waals surface area contributed by atoms with Crippen LogP contribution in [0.1, 0.15) is 27.7 Å². The number of aromatic nitrogens is 2. The molecule has 1 fully saturated rings. The molecule has 7 heteroatoms. The number of halogens is 1. The number of H-pyrrole nitrogens is 1. The zero-order valence-electron chi connectivity index (χ0n) is 12.0. The fourth-order valence-corrected chi connectivity index (χ4v) is 2.61. The van der Waals surface area contributed by atoms with E-state index in [-0.39, 0.29) is 0 Å². The summed E-state index contributed by atoms with van der Waals surface area (Å²) >= 11 is 6.45. The Bertz CT molecular complexity index is 668. The molecule has 0 radical (unpaired) electrons. The highest BCUT2D eigenvalue weighted by Crippen LogP contribution is 2.37. The third-order valence-electron chi connectivity index (χ3n) is 4.23. The number of anilines is 1. The van der Waals surface area contributed by atoms with Crippen LogP contribution in [0.5, 0.6) is 0 Å². The molecule has 2 heterocycles. The van der Waals surface area contributed by atoms with Gasteiger partial charge in [-0.25, -0.2) is 0 Å². The van der Waals surface area contributed by atoms with E-state index in [4.69, 9.17) is 26.6 Å². The molecule has 3 rings (SSSR count). The minimum atomic E-state index is -0.508. The standard InChI is InChI=1S/C13H17BClN3O2/c1-12(2)13(3,4)20-14(19-12)7-5-6-8-9(10(7)15)11(16)18-17-8/h5-6H,1-4H3,(H3,16,17,18). The smallest absolute Gasteiger partial charge is 0.399 e. The van der Waals surface area contributed by atoms with E-state index in [1.54, 1.807) is 0 Å². The summed E-state index contributed by atoms with van der Waals surface area (Å²) < 4.78 is 12.0. The maximum atomic E-state index is 6.45. The van der Waals surface area contributed by atoms with Crippen LogP contribution >= 0.6 is 11.6 Å². The predicted octanol–water partition coefficient (Wildman–Crippen LogP) is 2.10. The van der Waals surface area contributed by atoms with Crippen LogP contribution in [0.2, 0.25) is 5.02 Å². The highest BCUT2D eigenvalue weighted by atomic mass is 35.5. The summed E-state index contributed by atoms with van der Waals surface area (Å²) in [7, 11) is -0.508. The van der Waals surface area contributed by atoms with Crippen LogP contribution in [0.3, 0.4) is 0 Å². The molecule has 20 heavy (non-hydrogen) atoms. The number of nitrogens with two attached hydrogens (primary N) is 1. The SMILES string of the molecule is CC1(C)OB(c2ccc3[nH]nc(N)c3c2Cl)OC1(C)C. The Balaban J connectivity index is 2.08. The van der Waals surface area contributed by atoms with E-state index in [1.807, 2.05) is 39.8 Å². The van der Waals surface area contributed by atoms with Gasteiger partial charge in [-0.05, 0) is 33.8 Å². The minimum absolute atomic E-state index is 0.378. The van der Waals surface area contributed by atoms with Crippen molar-refractivity contribution in [3.8, 4) is 0 Å². The van der Waals surface area contributed by atoms with E-state index in [2.05, 4.69) is 10.2 Å². The second-order valence-electron chi connectivity index (χ2n) is 6.09. The van der Waals surface area contributed by atoms with Crippen molar-refractivity contribution < 1.29 is 9.31 Å². The molecule has 106 valence electrons. The molecule has 1 aliphatic heterocycles. The van der Waals surface area contributed by atoms with E-state index >= 15 is 0 Å². The Labute approximate surface area is 122 Å². The Morgan fingerprint density at radius 3 is 2.40 bits per heavy atom. The summed E-state index contributed by atoms with van der Waals surface area (Å²) in [6, 6.07) is 3.76. The van der Waals surface area contributed by atoms with Gasteiger partial charge in [0.1, 0.15) is 0 Å². The van der Waals surface area contributed by atoms with Gasteiger partial charge in [-0.1, -0.05) is 17.7 Å². The van der Waals surface area contributed by atoms with Crippen LogP contribution in [-0.2, 0) is 9.31 Å². The number of rotatable bonds is 1. The summed E-state index contributed by atoms with van der Waals surface area (Å²) in [6.45, 7) is 8.02. The highest BCUT2D eigenvalue weighted by molar-refractivity contribution is 6.66. The molecule has 1 saturated heterocycles. The van der Waals surface area contributed by atoms with Gasteiger partial charge in [0.25, 0.3) is 0 Å². The molecule has 5 nitrogen and oxygen atoms in total. The number of aromatic amines is 1. The Morgan fingerprint density at radius 1 is 1.20 bits per heavy atom. The second-order valence-corrected chi connectivity index (χ2v) is 6.47. The zero-order valence-corrected chi connectivity index (χ0v) is 12.7. The normalized spacial score (nSPS) is 20.8. The van der Waals surface area contributed by atoms with E-state index in [0.717, 1.165) is 11.0 Å². The molecule has 0 unspecified atom stereocenters. The minimum Gasteiger partial charge on any atom is -0.399 e. The van der Waals surface area contributed by atoms with E-state index in [0.29, 0.717) is 16.2 Å². The van der Waals surface area contributed by atoms with E-state index < -0.39 is 18.3 Å². The lowest BCUT2D eigenvalue weighted by atomic mass is 9.78. The Kier molecular flexibility index (Phi) is 2.84. The number of fused-ring (bicyclic) bond motifs is 1.